The Morgan fingerprint density at radius 3 is 1.45 bits per heavy atom. The summed E-state index contributed by atoms with van der Waals surface area (Å²) in [5.41, 5.74) is 0.632. The van der Waals surface area contributed by atoms with E-state index in [-0.39, 0.29) is 83.1 Å². The van der Waals surface area contributed by atoms with Crippen LogP contribution < -0.4 is 0 Å². The number of aliphatic hydroxyl groups is 2. The van der Waals surface area contributed by atoms with Crippen molar-refractivity contribution < 1.29 is 57.7 Å². The van der Waals surface area contributed by atoms with Gasteiger partial charge < -0.3 is 57.9 Å². The van der Waals surface area contributed by atoms with Crippen LogP contribution in [0.3, 0.4) is 0 Å². The molecule has 14 nitrogen and oxygen atoms in total. The maximum Gasteiger partial charge on any atom is 0.410 e. The smallest absolute Gasteiger partial charge is 0.410 e. The standard InChI is InChI=1S/C21H33NO6.C20H31NO6/c1-13(2)6-7-15-20(4,28-15)17-16(25-5)14(8-9-21(17)12-26-21)27-18(23)22-10-19(3,24)11-22;1-12(2)5-6-15-19(3,27-15)17-16(24-4)14(7-8-20(17)11-25-20)26-18(23)21-9-13(22)10-21/h6,14-17,24H,7-12H2,1-5H3;5,13-17,22H,6-11H2,1-4H3/t14-,15-,16-,17-,20+,21?;14-,15-,16-,17-,19+,20?/m11/s1. The number of carbonyl (C=O) groups is 2. The number of amides is 2. The molecular weight excluding hydrogens is 712 g/mol. The van der Waals surface area contributed by atoms with Crippen LogP contribution in [0.25, 0.3) is 0 Å². The maximum absolute atomic E-state index is 12.5. The van der Waals surface area contributed by atoms with E-state index < -0.39 is 11.7 Å². The number of likely N-dealkylation sites (tertiary alicyclic amines) is 2. The van der Waals surface area contributed by atoms with Gasteiger partial charge in [-0.15, -0.1) is 0 Å². The van der Waals surface area contributed by atoms with Gasteiger partial charge in [0.1, 0.15) is 46.8 Å². The van der Waals surface area contributed by atoms with Crippen LogP contribution in [0.5, 0.6) is 0 Å². The summed E-state index contributed by atoms with van der Waals surface area (Å²) < 4.78 is 47.5. The number of methoxy groups -OCH3 is 2. The summed E-state index contributed by atoms with van der Waals surface area (Å²) >= 11 is 0. The molecule has 2 saturated carbocycles. The van der Waals surface area contributed by atoms with Crippen LogP contribution in [0.4, 0.5) is 9.59 Å². The second kappa shape index (κ2) is 14.8. The van der Waals surface area contributed by atoms with Gasteiger partial charge in [-0.1, -0.05) is 23.3 Å². The van der Waals surface area contributed by atoms with Gasteiger partial charge in [0.2, 0.25) is 0 Å². The minimum atomic E-state index is -0.811. The summed E-state index contributed by atoms with van der Waals surface area (Å²) in [5, 5.41) is 19.3. The van der Waals surface area contributed by atoms with Gasteiger partial charge in [0, 0.05) is 14.2 Å². The first-order valence-corrected chi connectivity index (χ1v) is 20.2. The molecule has 14 heteroatoms. The molecule has 6 heterocycles. The van der Waals surface area contributed by atoms with E-state index in [4.69, 9.17) is 37.9 Å². The van der Waals surface area contributed by atoms with Crippen molar-refractivity contribution in [2.45, 2.75) is 158 Å². The number of rotatable bonds is 10. The van der Waals surface area contributed by atoms with E-state index in [2.05, 4.69) is 53.7 Å². The van der Waals surface area contributed by atoms with Crippen LogP contribution in [0, 0.1) is 11.8 Å². The van der Waals surface area contributed by atoms with Crippen molar-refractivity contribution in [3.63, 3.8) is 0 Å². The molecule has 12 atom stereocenters. The van der Waals surface area contributed by atoms with Gasteiger partial charge in [-0.3, -0.25) is 0 Å². The molecule has 0 aromatic rings. The van der Waals surface area contributed by atoms with Crippen molar-refractivity contribution in [3.8, 4) is 0 Å². The Kier molecular flexibility index (Phi) is 11.0. The zero-order valence-corrected chi connectivity index (χ0v) is 34.2. The Morgan fingerprint density at radius 1 is 0.727 bits per heavy atom. The SMILES string of the molecule is CO[C@@H]1[C@H](OC(=O)N2CC(C)(O)C2)CCC2(CO2)[C@H]1[C@@]1(C)O[C@@H]1CC=C(C)C.CO[C@@H]1[C@H](OC(=O)N2CC(O)C2)CCC2(CO2)[C@H]1[C@@]1(C)O[C@@H]1CC=C(C)C. The van der Waals surface area contributed by atoms with Crippen molar-refractivity contribution in [3.05, 3.63) is 23.3 Å². The lowest BCUT2D eigenvalue weighted by atomic mass is 9.68. The van der Waals surface area contributed by atoms with Crippen molar-refractivity contribution in [1.82, 2.24) is 9.80 Å². The zero-order chi connectivity index (χ0) is 39.7. The zero-order valence-electron chi connectivity index (χ0n) is 34.2. The highest BCUT2D eigenvalue weighted by molar-refractivity contribution is 5.69. The molecule has 2 N–H and O–H groups in total. The van der Waals surface area contributed by atoms with Gasteiger partial charge >= 0.3 is 12.2 Å². The molecule has 0 radical (unpaired) electrons. The van der Waals surface area contributed by atoms with Crippen molar-refractivity contribution in [2.75, 3.05) is 53.6 Å². The number of carbonyl (C=O) groups excluding carboxylic acids is 2. The Bertz CT molecular complexity index is 1500. The fourth-order valence-electron chi connectivity index (χ4n) is 10.1. The largest absolute Gasteiger partial charge is 0.443 e. The quantitative estimate of drug-likeness (QED) is 0.241. The Hall–Kier alpha value is -2.30. The van der Waals surface area contributed by atoms with Gasteiger partial charge in [-0.2, -0.15) is 0 Å². The van der Waals surface area contributed by atoms with Gasteiger partial charge in [0.15, 0.2) is 0 Å². The number of ether oxygens (including phenoxy) is 8. The highest BCUT2D eigenvalue weighted by atomic mass is 16.6. The van der Waals surface area contributed by atoms with E-state index in [1.54, 1.807) is 21.1 Å². The summed E-state index contributed by atoms with van der Waals surface area (Å²) in [6.07, 6.45) is 7.11. The van der Waals surface area contributed by atoms with E-state index in [1.165, 1.54) is 20.9 Å². The lowest BCUT2D eigenvalue weighted by Gasteiger charge is -2.46. The molecule has 8 rings (SSSR count). The number of hydrogen-bond donors (Lipinski definition) is 2. The number of nitrogens with zero attached hydrogens (tertiary/aromatic N) is 2. The molecule has 6 saturated heterocycles. The number of epoxide rings is 4. The normalized spacial score (nSPS) is 43.3. The van der Waals surface area contributed by atoms with E-state index >= 15 is 0 Å². The lowest BCUT2D eigenvalue weighted by molar-refractivity contribution is -0.133. The molecule has 8 fully saturated rings. The van der Waals surface area contributed by atoms with E-state index in [9.17, 15) is 19.8 Å². The minimum absolute atomic E-state index is 0.0200. The predicted molar refractivity (Wildman–Crippen MR) is 199 cm³/mol. The molecule has 2 amide bonds. The van der Waals surface area contributed by atoms with E-state index in [0.717, 1.165) is 25.7 Å². The van der Waals surface area contributed by atoms with Crippen molar-refractivity contribution >= 4 is 12.2 Å². The molecule has 310 valence electrons. The molecule has 0 bridgehead atoms. The fraction of sp³-hybridized carbons (Fsp3) is 0.854. The van der Waals surface area contributed by atoms with Crippen LogP contribution in [0.2, 0.25) is 0 Å². The molecule has 0 aromatic carbocycles. The van der Waals surface area contributed by atoms with E-state index in [1.807, 2.05) is 0 Å². The van der Waals surface area contributed by atoms with Gasteiger partial charge in [0.05, 0.1) is 75.1 Å². The van der Waals surface area contributed by atoms with E-state index in [0.29, 0.717) is 52.2 Å². The fourth-order valence-corrected chi connectivity index (χ4v) is 10.1. The molecular formula is C41H64N2O12. The van der Waals surface area contributed by atoms with Crippen LogP contribution >= 0.6 is 0 Å². The van der Waals surface area contributed by atoms with Crippen LogP contribution in [-0.2, 0) is 37.9 Å². The lowest BCUT2D eigenvalue weighted by Crippen LogP contribution is -2.63. The molecule has 2 aliphatic carbocycles. The summed E-state index contributed by atoms with van der Waals surface area (Å²) in [4.78, 5) is 27.9. The second-order valence-corrected chi connectivity index (χ2v) is 18.5. The topological polar surface area (TPSA) is 168 Å². The number of allylic oxidation sites excluding steroid dienone is 2. The maximum atomic E-state index is 12.5. The van der Waals surface area contributed by atoms with Crippen LogP contribution in [0.1, 0.15) is 87.0 Å². The third-order valence-corrected chi connectivity index (χ3v) is 13.4. The molecule has 2 unspecified atom stereocenters. The van der Waals surface area contributed by atoms with Crippen LogP contribution in [0.15, 0.2) is 23.3 Å². The average molecular weight is 777 g/mol. The minimum Gasteiger partial charge on any atom is -0.443 e. The highest BCUT2D eigenvalue weighted by Gasteiger charge is 2.73. The first-order valence-electron chi connectivity index (χ1n) is 20.2. The number of hydrogen-bond acceptors (Lipinski definition) is 12. The first-order chi connectivity index (χ1) is 25.9. The van der Waals surface area contributed by atoms with Crippen molar-refractivity contribution in [2.24, 2.45) is 11.8 Å². The second-order valence-electron chi connectivity index (χ2n) is 18.5. The predicted octanol–water partition coefficient (Wildman–Crippen LogP) is 4.14. The van der Waals surface area contributed by atoms with Gasteiger partial charge in [-0.05, 0) is 87.0 Å². The monoisotopic (exact) mass is 776 g/mol. The van der Waals surface area contributed by atoms with Crippen LogP contribution in [-0.4, -0.2) is 157 Å². The summed E-state index contributed by atoms with van der Waals surface area (Å²) in [7, 11) is 3.34. The Balaban J connectivity index is 0.000000169. The third kappa shape index (κ3) is 8.08. The number of β-amino-alcohol motifs (C(OH)–C–C–N with tert-alkyl or cyclic N) is 2. The third-order valence-electron chi connectivity index (χ3n) is 13.4. The van der Waals surface area contributed by atoms with Crippen molar-refractivity contribution in [1.29, 1.82) is 0 Å². The summed E-state index contributed by atoms with van der Waals surface area (Å²) in [6.45, 7) is 17.0. The first kappa shape index (κ1) is 40.9. The summed E-state index contributed by atoms with van der Waals surface area (Å²) in [5.74, 6) is 0.0469. The number of aliphatic hydroxyl groups excluding tert-OH is 1. The average Bonchev–Trinajstić information content (AvgIpc) is 3.97. The molecule has 6 aliphatic heterocycles. The molecule has 0 aromatic heterocycles. The Labute approximate surface area is 325 Å². The highest BCUT2D eigenvalue weighted by Crippen LogP contribution is 2.61. The Morgan fingerprint density at radius 2 is 1.13 bits per heavy atom. The molecule has 2 spiro atoms. The summed E-state index contributed by atoms with van der Waals surface area (Å²) in [6, 6.07) is 0. The van der Waals surface area contributed by atoms with Gasteiger partial charge in [0.25, 0.3) is 0 Å². The van der Waals surface area contributed by atoms with Gasteiger partial charge in [-0.25, -0.2) is 9.59 Å². The molecule has 8 aliphatic rings. The molecule has 55 heavy (non-hydrogen) atoms.